The molecule has 0 saturated heterocycles. The van der Waals surface area contributed by atoms with Crippen molar-refractivity contribution in [2.75, 3.05) is 7.05 Å². The second-order valence-corrected chi connectivity index (χ2v) is 7.59. The summed E-state index contributed by atoms with van der Waals surface area (Å²) in [5.74, 6) is 1.33. The Hall–Kier alpha value is -0.820. The van der Waals surface area contributed by atoms with Crippen LogP contribution in [0, 0.1) is 11.3 Å². The van der Waals surface area contributed by atoms with Gasteiger partial charge >= 0.3 is 0 Å². The molecule has 0 heterocycles. The minimum Gasteiger partial charge on any atom is -0.317 e. The Morgan fingerprint density at radius 1 is 1.00 bits per heavy atom. The Labute approximate surface area is 126 Å². The van der Waals surface area contributed by atoms with E-state index >= 15 is 0 Å². The number of nitrogens with one attached hydrogen (secondary N) is 1. The Morgan fingerprint density at radius 3 is 1.95 bits per heavy atom. The minimum atomic E-state index is 0.386. The number of likely N-dealkylation sites (N-methyl/N-ethyl adjacent to an activating group) is 1. The summed E-state index contributed by atoms with van der Waals surface area (Å²) < 4.78 is 0. The van der Waals surface area contributed by atoms with Gasteiger partial charge in [-0.25, -0.2) is 0 Å². The Kier molecular flexibility index (Phi) is 6.26. The minimum absolute atomic E-state index is 0.386. The van der Waals surface area contributed by atoms with Crippen LogP contribution >= 0.6 is 0 Å². The summed E-state index contributed by atoms with van der Waals surface area (Å²) in [5, 5.41) is 3.49. The van der Waals surface area contributed by atoms with Gasteiger partial charge in [-0.3, -0.25) is 0 Å². The third kappa shape index (κ3) is 5.28. The molecule has 0 fully saturated rings. The molecular weight excluding hydrogens is 242 g/mol. The Bertz CT molecular complexity index is 383. The highest BCUT2D eigenvalue weighted by Crippen LogP contribution is 2.29. The number of benzene rings is 1. The van der Waals surface area contributed by atoms with Crippen LogP contribution in [0.15, 0.2) is 24.3 Å². The molecule has 20 heavy (non-hydrogen) atoms. The largest absolute Gasteiger partial charge is 0.317 e. The molecule has 0 spiro atoms. The predicted octanol–water partition coefficient (Wildman–Crippen LogP) is 5.01. The summed E-state index contributed by atoms with van der Waals surface area (Å²) in [4.78, 5) is 0. The van der Waals surface area contributed by atoms with Crippen LogP contribution in [0.5, 0.6) is 0 Å². The van der Waals surface area contributed by atoms with E-state index < -0.39 is 0 Å². The van der Waals surface area contributed by atoms with Crippen molar-refractivity contribution in [1.82, 2.24) is 5.32 Å². The van der Waals surface area contributed by atoms with Crippen LogP contribution in [0.4, 0.5) is 0 Å². The van der Waals surface area contributed by atoms with Gasteiger partial charge in [-0.2, -0.15) is 0 Å². The van der Waals surface area contributed by atoms with E-state index in [2.05, 4.69) is 78.2 Å². The SMILES string of the molecule is CNC(Cc1ccc(C(C)C)cc1)CC(C)C(C)(C)C. The quantitative estimate of drug-likeness (QED) is 0.769. The number of hydrogen-bond acceptors (Lipinski definition) is 1. The van der Waals surface area contributed by atoms with Gasteiger partial charge < -0.3 is 5.32 Å². The van der Waals surface area contributed by atoms with E-state index in [4.69, 9.17) is 0 Å². The van der Waals surface area contributed by atoms with Gasteiger partial charge in [0.1, 0.15) is 0 Å². The first-order valence-electron chi connectivity index (χ1n) is 8.00. The van der Waals surface area contributed by atoms with Crippen molar-refractivity contribution in [3.63, 3.8) is 0 Å². The van der Waals surface area contributed by atoms with Crippen LogP contribution in [0.25, 0.3) is 0 Å². The molecule has 0 amide bonds. The van der Waals surface area contributed by atoms with E-state index in [9.17, 15) is 0 Å². The normalized spacial score (nSPS) is 15.4. The van der Waals surface area contributed by atoms with Crippen molar-refractivity contribution in [1.29, 1.82) is 0 Å². The van der Waals surface area contributed by atoms with Crippen LogP contribution in [-0.2, 0) is 6.42 Å². The first-order valence-corrected chi connectivity index (χ1v) is 8.00. The number of hydrogen-bond donors (Lipinski definition) is 1. The van der Waals surface area contributed by atoms with Crippen molar-refractivity contribution < 1.29 is 0 Å². The summed E-state index contributed by atoms with van der Waals surface area (Å²) in [6, 6.07) is 9.71. The maximum Gasteiger partial charge on any atom is 0.0107 e. The molecule has 0 aliphatic carbocycles. The fourth-order valence-corrected chi connectivity index (χ4v) is 2.41. The highest BCUT2D eigenvalue weighted by atomic mass is 14.9. The Morgan fingerprint density at radius 2 is 1.55 bits per heavy atom. The molecular formula is C19H33N. The molecule has 2 unspecified atom stereocenters. The third-order valence-electron chi connectivity index (χ3n) is 4.65. The summed E-state index contributed by atoms with van der Waals surface area (Å²) in [6.45, 7) is 13.9. The fraction of sp³-hybridized carbons (Fsp3) is 0.684. The molecule has 0 bridgehead atoms. The van der Waals surface area contributed by atoms with Gasteiger partial charge in [0.15, 0.2) is 0 Å². The lowest BCUT2D eigenvalue weighted by molar-refractivity contribution is 0.225. The van der Waals surface area contributed by atoms with Gasteiger partial charge in [0, 0.05) is 6.04 Å². The molecule has 1 nitrogen and oxygen atoms in total. The van der Waals surface area contributed by atoms with Gasteiger partial charge in [-0.05, 0) is 48.3 Å². The zero-order valence-corrected chi connectivity index (χ0v) is 14.5. The summed E-state index contributed by atoms with van der Waals surface area (Å²) >= 11 is 0. The molecule has 1 rings (SSSR count). The number of rotatable bonds is 6. The maximum atomic E-state index is 3.49. The van der Waals surface area contributed by atoms with E-state index in [1.165, 1.54) is 17.5 Å². The highest BCUT2D eigenvalue weighted by molar-refractivity contribution is 5.25. The smallest absolute Gasteiger partial charge is 0.0107 e. The van der Waals surface area contributed by atoms with Crippen molar-refractivity contribution in [3.05, 3.63) is 35.4 Å². The summed E-state index contributed by atoms with van der Waals surface area (Å²) in [6.07, 6.45) is 2.35. The molecule has 1 aromatic carbocycles. The lowest BCUT2D eigenvalue weighted by Gasteiger charge is -2.30. The molecule has 0 aliphatic heterocycles. The Balaban J connectivity index is 2.64. The van der Waals surface area contributed by atoms with Crippen LogP contribution < -0.4 is 5.32 Å². The van der Waals surface area contributed by atoms with Crippen LogP contribution in [0.1, 0.15) is 65.0 Å². The first kappa shape index (κ1) is 17.2. The topological polar surface area (TPSA) is 12.0 Å². The van der Waals surface area contributed by atoms with Crippen molar-refractivity contribution >= 4 is 0 Å². The van der Waals surface area contributed by atoms with E-state index in [0.717, 1.165) is 12.3 Å². The second-order valence-electron chi connectivity index (χ2n) is 7.59. The molecule has 114 valence electrons. The van der Waals surface area contributed by atoms with Crippen LogP contribution in [0.3, 0.4) is 0 Å². The maximum absolute atomic E-state index is 3.49. The molecule has 0 radical (unpaired) electrons. The van der Waals surface area contributed by atoms with E-state index in [1.807, 2.05) is 0 Å². The third-order valence-corrected chi connectivity index (χ3v) is 4.65. The molecule has 0 aliphatic rings. The summed E-state index contributed by atoms with van der Waals surface area (Å²) in [5.41, 5.74) is 3.25. The van der Waals surface area contributed by atoms with Crippen molar-refractivity contribution in [2.24, 2.45) is 11.3 Å². The van der Waals surface area contributed by atoms with Crippen molar-refractivity contribution in [3.8, 4) is 0 Å². The molecule has 1 aromatic rings. The second kappa shape index (κ2) is 7.26. The highest BCUT2D eigenvalue weighted by Gasteiger charge is 2.23. The first-order chi connectivity index (χ1) is 9.24. The van der Waals surface area contributed by atoms with Crippen LogP contribution in [-0.4, -0.2) is 13.1 Å². The molecule has 1 N–H and O–H groups in total. The zero-order valence-electron chi connectivity index (χ0n) is 14.5. The van der Waals surface area contributed by atoms with Gasteiger partial charge in [0.25, 0.3) is 0 Å². The van der Waals surface area contributed by atoms with E-state index in [1.54, 1.807) is 0 Å². The monoisotopic (exact) mass is 275 g/mol. The molecule has 2 atom stereocenters. The van der Waals surface area contributed by atoms with E-state index in [-0.39, 0.29) is 0 Å². The fourth-order valence-electron chi connectivity index (χ4n) is 2.41. The van der Waals surface area contributed by atoms with Gasteiger partial charge in [0.2, 0.25) is 0 Å². The van der Waals surface area contributed by atoms with Gasteiger partial charge in [-0.15, -0.1) is 0 Å². The van der Waals surface area contributed by atoms with Crippen molar-refractivity contribution in [2.45, 2.75) is 66.3 Å². The standard InChI is InChI=1S/C19H33N/c1-14(2)17-10-8-16(9-11-17)13-18(20-7)12-15(3)19(4,5)6/h8-11,14-15,18,20H,12-13H2,1-7H3. The predicted molar refractivity (Wildman–Crippen MR) is 90.3 cm³/mol. The molecule has 0 saturated carbocycles. The molecule has 1 heteroatoms. The summed E-state index contributed by atoms with van der Waals surface area (Å²) in [7, 11) is 2.09. The lowest BCUT2D eigenvalue weighted by Crippen LogP contribution is -2.33. The van der Waals surface area contributed by atoms with Crippen LogP contribution in [0.2, 0.25) is 0 Å². The molecule has 0 aromatic heterocycles. The van der Waals surface area contributed by atoms with E-state index in [0.29, 0.717) is 17.4 Å². The van der Waals surface area contributed by atoms with Gasteiger partial charge in [0.05, 0.1) is 0 Å². The zero-order chi connectivity index (χ0) is 15.3. The lowest BCUT2D eigenvalue weighted by atomic mass is 9.78. The van der Waals surface area contributed by atoms with Gasteiger partial charge in [-0.1, -0.05) is 65.8 Å². The average Bonchev–Trinajstić information content (AvgIpc) is 2.37. The average molecular weight is 275 g/mol.